The highest BCUT2D eigenvalue weighted by molar-refractivity contribution is 5.89. The average molecular weight is 232 g/mol. The van der Waals surface area contributed by atoms with E-state index in [1.165, 1.54) is 12.1 Å². The Morgan fingerprint density at radius 1 is 1.47 bits per heavy atom. The Kier molecular flexibility index (Phi) is 3.01. The van der Waals surface area contributed by atoms with Crippen molar-refractivity contribution in [1.82, 2.24) is 9.78 Å². The minimum absolute atomic E-state index is 0.232. The highest BCUT2D eigenvalue weighted by Crippen LogP contribution is 2.25. The average Bonchev–Trinajstić information content (AvgIpc) is 2.55. The zero-order valence-electron chi connectivity index (χ0n) is 10.5. The molecule has 1 heterocycles. The number of aromatic nitrogens is 2. The Bertz CT molecular complexity index is 567. The maximum atomic E-state index is 13.3. The van der Waals surface area contributed by atoms with Gasteiger partial charge in [0.1, 0.15) is 5.82 Å². The zero-order valence-corrected chi connectivity index (χ0v) is 10.5. The molecule has 0 radical (unpaired) electrons. The summed E-state index contributed by atoms with van der Waals surface area (Å²) < 4.78 is 15.2. The second-order valence-corrected chi connectivity index (χ2v) is 4.87. The second kappa shape index (κ2) is 4.32. The summed E-state index contributed by atoms with van der Waals surface area (Å²) in [5.74, 6) is 0.269. The van der Waals surface area contributed by atoms with E-state index in [1.54, 1.807) is 6.07 Å². The van der Waals surface area contributed by atoms with Crippen LogP contribution in [0.2, 0.25) is 0 Å². The molecule has 0 aliphatic carbocycles. The summed E-state index contributed by atoms with van der Waals surface area (Å²) in [6, 6.07) is 4.79. The van der Waals surface area contributed by atoms with Crippen LogP contribution >= 0.6 is 0 Å². The van der Waals surface area contributed by atoms with Gasteiger partial charge in [-0.1, -0.05) is 20.4 Å². The molecule has 0 atom stereocenters. The van der Waals surface area contributed by atoms with Gasteiger partial charge in [0.15, 0.2) is 0 Å². The van der Waals surface area contributed by atoms with Gasteiger partial charge in [0.25, 0.3) is 0 Å². The van der Waals surface area contributed by atoms with Crippen LogP contribution in [0.4, 0.5) is 4.39 Å². The Hall–Kier alpha value is -1.64. The lowest BCUT2D eigenvalue weighted by molar-refractivity contribution is 0.494. The number of allylic oxidation sites excluding steroid dienone is 1. The summed E-state index contributed by atoms with van der Waals surface area (Å²) in [6.07, 6.45) is 0. The van der Waals surface area contributed by atoms with E-state index >= 15 is 0 Å². The van der Waals surface area contributed by atoms with Crippen molar-refractivity contribution in [2.45, 2.75) is 27.3 Å². The number of halogens is 1. The molecule has 0 saturated carbocycles. The van der Waals surface area contributed by atoms with E-state index in [9.17, 15) is 4.39 Å². The van der Waals surface area contributed by atoms with Crippen molar-refractivity contribution in [2.75, 3.05) is 0 Å². The fraction of sp³-hybridized carbons (Fsp3) is 0.357. The summed E-state index contributed by atoms with van der Waals surface area (Å²) in [4.78, 5) is 0. The van der Waals surface area contributed by atoms with Crippen LogP contribution in [0, 0.1) is 11.7 Å². The van der Waals surface area contributed by atoms with Crippen LogP contribution in [0.3, 0.4) is 0 Å². The summed E-state index contributed by atoms with van der Waals surface area (Å²) in [6.45, 7) is 10.9. The summed E-state index contributed by atoms with van der Waals surface area (Å²) >= 11 is 0. The molecule has 90 valence electrons. The van der Waals surface area contributed by atoms with Crippen LogP contribution in [-0.2, 0) is 6.54 Å². The lowest BCUT2D eigenvalue weighted by atomic mass is 10.1. The fourth-order valence-corrected chi connectivity index (χ4v) is 1.95. The lowest BCUT2D eigenvalue weighted by Gasteiger charge is -2.05. The number of nitrogens with zero attached hydrogens (tertiary/aromatic N) is 2. The van der Waals surface area contributed by atoms with Crippen LogP contribution in [0.15, 0.2) is 24.8 Å². The first-order valence-electron chi connectivity index (χ1n) is 5.81. The van der Waals surface area contributed by atoms with Crippen molar-refractivity contribution in [3.63, 3.8) is 0 Å². The van der Waals surface area contributed by atoms with Crippen molar-refractivity contribution >= 4 is 16.5 Å². The summed E-state index contributed by atoms with van der Waals surface area (Å²) in [5, 5.41) is 5.37. The maximum Gasteiger partial charge on any atom is 0.124 e. The van der Waals surface area contributed by atoms with Crippen LogP contribution in [0.5, 0.6) is 0 Å². The number of hydrogen-bond donors (Lipinski definition) is 0. The van der Waals surface area contributed by atoms with E-state index in [0.717, 1.165) is 28.7 Å². The smallest absolute Gasteiger partial charge is 0.124 e. The van der Waals surface area contributed by atoms with E-state index < -0.39 is 0 Å². The van der Waals surface area contributed by atoms with Gasteiger partial charge in [-0.15, -0.1) is 0 Å². The molecule has 1 aromatic carbocycles. The van der Waals surface area contributed by atoms with E-state index in [4.69, 9.17) is 0 Å². The monoisotopic (exact) mass is 232 g/mol. The van der Waals surface area contributed by atoms with Crippen molar-refractivity contribution < 1.29 is 4.39 Å². The molecular weight excluding hydrogens is 215 g/mol. The number of fused-ring (bicyclic) bond motifs is 1. The van der Waals surface area contributed by atoms with Gasteiger partial charge in [-0.05, 0) is 36.6 Å². The molecule has 0 amide bonds. The molecule has 2 rings (SSSR count). The van der Waals surface area contributed by atoms with Gasteiger partial charge < -0.3 is 0 Å². The first-order valence-corrected chi connectivity index (χ1v) is 5.81. The number of benzene rings is 1. The molecule has 2 nitrogen and oxygen atoms in total. The molecule has 0 saturated heterocycles. The lowest BCUT2D eigenvalue weighted by Crippen LogP contribution is -2.06. The molecule has 17 heavy (non-hydrogen) atoms. The molecule has 0 aliphatic heterocycles. The SMILES string of the molecule is C=C(C)c1nn(CC(C)C)c2ccc(F)cc12. The molecule has 0 spiro atoms. The molecule has 1 aromatic heterocycles. The van der Waals surface area contributed by atoms with Crippen molar-refractivity contribution in [3.8, 4) is 0 Å². The van der Waals surface area contributed by atoms with Crippen LogP contribution in [0.1, 0.15) is 26.5 Å². The molecule has 0 unspecified atom stereocenters. The van der Waals surface area contributed by atoms with E-state index in [1.807, 2.05) is 11.6 Å². The highest BCUT2D eigenvalue weighted by Gasteiger charge is 2.12. The van der Waals surface area contributed by atoms with Gasteiger partial charge >= 0.3 is 0 Å². The highest BCUT2D eigenvalue weighted by atomic mass is 19.1. The Morgan fingerprint density at radius 2 is 2.18 bits per heavy atom. The third-order valence-corrected chi connectivity index (χ3v) is 2.65. The van der Waals surface area contributed by atoms with Gasteiger partial charge in [0.2, 0.25) is 0 Å². The number of hydrogen-bond acceptors (Lipinski definition) is 1. The predicted octanol–water partition coefficient (Wildman–Crippen LogP) is 3.86. The van der Waals surface area contributed by atoms with Crippen molar-refractivity contribution in [1.29, 1.82) is 0 Å². The first kappa shape index (κ1) is 11.8. The molecule has 0 bridgehead atoms. The number of rotatable bonds is 3. The molecule has 0 aliphatic rings. The van der Waals surface area contributed by atoms with Crippen LogP contribution in [-0.4, -0.2) is 9.78 Å². The van der Waals surface area contributed by atoms with E-state index in [2.05, 4.69) is 25.5 Å². The minimum atomic E-state index is -0.232. The summed E-state index contributed by atoms with van der Waals surface area (Å²) in [5.41, 5.74) is 2.63. The minimum Gasteiger partial charge on any atom is -0.264 e. The fourth-order valence-electron chi connectivity index (χ4n) is 1.95. The predicted molar refractivity (Wildman–Crippen MR) is 69.2 cm³/mol. The first-order chi connectivity index (χ1) is 7.99. The Labute approximate surface area is 101 Å². The van der Waals surface area contributed by atoms with Gasteiger partial charge in [-0.3, -0.25) is 4.68 Å². The topological polar surface area (TPSA) is 17.8 Å². The maximum absolute atomic E-state index is 13.3. The van der Waals surface area contributed by atoms with E-state index in [-0.39, 0.29) is 5.82 Å². The molecule has 3 heteroatoms. The largest absolute Gasteiger partial charge is 0.264 e. The molecule has 0 N–H and O–H groups in total. The van der Waals surface area contributed by atoms with Crippen molar-refractivity contribution in [2.24, 2.45) is 5.92 Å². The Balaban J connectivity index is 2.66. The molecular formula is C14H17FN2. The van der Waals surface area contributed by atoms with Gasteiger partial charge in [0.05, 0.1) is 11.2 Å². The van der Waals surface area contributed by atoms with Crippen molar-refractivity contribution in [3.05, 3.63) is 36.3 Å². The third-order valence-electron chi connectivity index (χ3n) is 2.65. The normalized spacial score (nSPS) is 11.4. The van der Waals surface area contributed by atoms with Gasteiger partial charge in [0, 0.05) is 11.9 Å². The van der Waals surface area contributed by atoms with Gasteiger partial charge in [-0.25, -0.2) is 4.39 Å². The standard InChI is InChI=1S/C14H17FN2/c1-9(2)8-17-13-6-5-11(15)7-12(13)14(16-17)10(3)4/h5-7,9H,3,8H2,1-2,4H3. The molecule has 2 aromatic rings. The van der Waals surface area contributed by atoms with E-state index in [0.29, 0.717) is 5.92 Å². The zero-order chi connectivity index (χ0) is 12.6. The molecule has 0 fully saturated rings. The third kappa shape index (κ3) is 2.23. The Morgan fingerprint density at radius 3 is 2.76 bits per heavy atom. The van der Waals surface area contributed by atoms with Gasteiger partial charge in [-0.2, -0.15) is 5.10 Å². The second-order valence-electron chi connectivity index (χ2n) is 4.87. The van der Waals surface area contributed by atoms with Crippen LogP contribution < -0.4 is 0 Å². The summed E-state index contributed by atoms with van der Waals surface area (Å²) in [7, 11) is 0. The quantitative estimate of drug-likeness (QED) is 0.785. The van der Waals surface area contributed by atoms with Crippen LogP contribution in [0.25, 0.3) is 16.5 Å².